The fourth-order valence-electron chi connectivity index (χ4n) is 2.10. The third-order valence-corrected chi connectivity index (χ3v) is 5.14. The number of nitrogens with two attached hydrogens (primary N) is 1. The Morgan fingerprint density at radius 1 is 1.27 bits per heavy atom. The molecule has 0 unspecified atom stereocenters. The van der Waals surface area contributed by atoms with Crippen LogP contribution in [0.25, 0.3) is 0 Å². The molecular weight excluding hydrogens is 304 g/mol. The number of hydrogen-bond donors (Lipinski definition) is 1. The Balaban J connectivity index is 2.44. The lowest BCUT2D eigenvalue weighted by Crippen LogP contribution is -2.38. The van der Waals surface area contributed by atoms with Crippen molar-refractivity contribution in [1.82, 2.24) is 4.31 Å². The highest BCUT2D eigenvalue weighted by Crippen LogP contribution is 2.22. The highest BCUT2D eigenvalue weighted by Gasteiger charge is 2.28. The average Bonchev–Trinajstić information content (AvgIpc) is 2.93. The van der Waals surface area contributed by atoms with Gasteiger partial charge in [-0.15, -0.1) is 0 Å². The van der Waals surface area contributed by atoms with Gasteiger partial charge in [0.1, 0.15) is 5.76 Å². The van der Waals surface area contributed by atoms with Crippen LogP contribution in [0.4, 0.5) is 0 Å². The minimum absolute atomic E-state index is 0.0499. The van der Waals surface area contributed by atoms with Crippen molar-refractivity contribution in [3.05, 3.63) is 53.5 Å². The molecule has 0 aliphatic heterocycles. The molecule has 118 valence electrons. The van der Waals surface area contributed by atoms with Gasteiger partial charge < -0.3 is 10.2 Å². The Hall–Kier alpha value is -2.12. The third kappa shape index (κ3) is 3.55. The molecule has 0 saturated heterocycles. The number of furan rings is 1. The van der Waals surface area contributed by atoms with Gasteiger partial charge in [0, 0.05) is 0 Å². The molecule has 0 spiro atoms. The summed E-state index contributed by atoms with van der Waals surface area (Å²) in [4.78, 5) is 11.4. The van der Waals surface area contributed by atoms with Crippen molar-refractivity contribution in [2.75, 3.05) is 6.54 Å². The van der Waals surface area contributed by atoms with Gasteiger partial charge in [-0.05, 0) is 43.2 Å². The monoisotopic (exact) mass is 322 g/mol. The van der Waals surface area contributed by atoms with Gasteiger partial charge in [0.15, 0.2) is 0 Å². The second kappa shape index (κ2) is 6.33. The Morgan fingerprint density at radius 3 is 2.59 bits per heavy atom. The van der Waals surface area contributed by atoms with E-state index in [1.165, 1.54) is 6.26 Å². The smallest absolute Gasteiger partial charge is 0.244 e. The van der Waals surface area contributed by atoms with E-state index < -0.39 is 22.5 Å². The molecule has 2 N–H and O–H groups in total. The van der Waals surface area contributed by atoms with Crippen molar-refractivity contribution in [2.45, 2.75) is 25.3 Å². The van der Waals surface area contributed by atoms with E-state index in [1.54, 1.807) is 31.2 Å². The number of carbonyl (C=O) groups is 1. The molecule has 22 heavy (non-hydrogen) atoms. The lowest BCUT2D eigenvalue weighted by atomic mass is 10.2. The standard InChI is InChI=1S/C15H18N2O4S/c1-11-5-6-12(2)14(8-11)22(19,20)17(10-15(16)18)9-13-4-3-7-21-13/h3-8H,9-10H2,1-2H3,(H2,16,18). The van der Waals surface area contributed by atoms with Crippen molar-refractivity contribution in [3.63, 3.8) is 0 Å². The van der Waals surface area contributed by atoms with E-state index in [1.807, 2.05) is 13.0 Å². The number of carbonyl (C=O) groups excluding carboxylic acids is 1. The molecule has 2 aromatic rings. The second-order valence-corrected chi connectivity index (χ2v) is 6.99. The Labute approximate surface area is 129 Å². The first kappa shape index (κ1) is 16.3. The first-order valence-corrected chi connectivity index (χ1v) is 8.13. The summed E-state index contributed by atoms with van der Waals surface area (Å²) in [6.45, 7) is 3.06. The highest BCUT2D eigenvalue weighted by atomic mass is 32.2. The topological polar surface area (TPSA) is 93.6 Å². The van der Waals surface area contributed by atoms with Crippen molar-refractivity contribution < 1.29 is 17.6 Å². The van der Waals surface area contributed by atoms with E-state index in [-0.39, 0.29) is 11.4 Å². The minimum atomic E-state index is -3.85. The molecule has 0 radical (unpaired) electrons. The lowest BCUT2D eigenvalue weighted by Gasteiger charge is -2.21. The van der Waals surface area contributed by atoms with Gasteiger partial charge in [-0.1, -0.05) is 12.1 Å². The van der Waals surface area contributed by atoms with Crippen LogP contribution in [0.1, 0.15) is 16.9 Å². The zero-order chi connectivity index (χ0) is 16.3. The molecule has 1 amide bonds. The summed E-state index contributed by atoms with van der Waals surface area (Å²) in [5, 5.41) is 0. The van der Waals surface area contributed by atoms with Crippen LogP contribution in [-0.4, -0.2) is 25.2 Å². The maximum Gasteiger partial charge on any atom is 0.244 e. The molecule has 7 heteroatoms. The second-order valence-electron chi connectivity index (χ2n) is 5.09. The highest BCUT2D eigenvalue weighted by molar-refractivity contribution is 7.89. The van der Waals surface area contributed by atoms with Crippen LogP contribution in [0.5, 0.6) is 0 Å². The van der Waals surface area contributed by atoms with Crippen LogP contribution in [0.2, 0.25) is 0 Å². The predicted molar refractivity (Wildman–Crippen MR) is 81.4 cm³/mol. The molecule has 6 nitrogen and oxygen atoms in total. The van der Waals surface area contributed by atoms with E-state index in [4.69, 9.17) is 10.2 Å². The van der Waals surface area contributed by atoms with Crippen LogP contribution in [0, 0.1) is 13.8 Å². The van der Waals surface area contributed by atoms with Gasteiger partial charge in [0.25, 0.3) is 0 Å². The maximum absolute atomic E-state index is 12.8. The number of amides is 1. The van der Waals surface area contributed by atoms with Crippen molar-refractivity contribution in [2.24, 2.45) is 5.73 Å². The van der Waals surface area contributed by atoms with Gasteiger partial charge in [-0.2, -0.15) is 4.31 Å². The van der Waals surface area contributed by atoms with Crippen LogP contribution < -0.4 is 5.73 Å². The molecular formula is C15H18N2O4S. The number of aryl methyl sites for hydroxylation is 2. The summed E-state index contributed by atoms with van der Waals surface area (Å²) in [5.41, 5.74) is 6.62. The minimum Gasteiger partial charge on any atom is -0.468 e. The summed E-state index contributed by atoms with van der Waals surface area (Å²) in [6.07, 6.45) is 1.45. The Bertz CT molecular complexity index is 767. The van der Waals surface area contributed by atoms with E-state index in [0.29, 0.717) is 11.3 Å². The van der Waals surface area contributed by atoms with Crippen LogP contribution in [0.3, 0.4) is 0 Å². The summed E-state index contributed by atoms with van der Waals surface area (Å²) in [5.74, 6) is -0.282. The van der Waals surface area contributed by atoms with Crippen molar-refractivity contribution in [1.29, 1.82) is 0 Å². The fourth-order valence-corrected chi connectivity index (χ4v) is 3.78. The molecule has 1 aromatic carbocycles. The Morgan fingerprint density at radius 2 is 2.00 bits per heavy atom. The lowest BCUT2D eigenvalue weighted by molar-refractivity contribution is -0.118. The Kier molecular flexibility index (Phi) is 4.68. The molecule has 1 heterocycles. The first-order chi connectivity index (χ1) is 10.3. The maximum atomic E-state index is 12.8. The van der Waals surface area contributed by atoms with E-state index in [0.717, 1.165) is 9.87 Å². The average molecular weight is 322 g/mol. The predicted octanol–water partition coefficient (Wildman–Crippen LogP) is 1.57. The summed E-state index contributed by atoms with van der Waals surface area (Å²) in [7, 11) is -3.85. The van der Waals surface area contributed by atoms with E-state index in [9.17, 15) is 13.2 Å². The van der Waals surface area contributed by atoms with Crippen molar-refractivity contribution >= 4 is 15.9 Å². The van der Waals surface area contributed by atoms with Gasteiger partial charge in [0.05, 0.1) is 24.2 Å². The summed E-state index contributed by atoms with van der Waals surface area (Å²) in [6, 6.07) is 8.45. The number of nitrogens with zero attached hydrogens (tertiary/aromatic N) is 1. The number of benzene rings is 1. The molecule has 1 aromatic heterocycles. The SMILES string of the molecule is Cc1ccc(C)c(S(=O)(=O)N(CC(N)=O)Cc2ccco2)c1. The molecule has 0 fully saturated rings. The molecule has 0 saturated carbocycles. The van der Waals surface area contributed by atoms with Crippen molar-refractivity contribution in [3.8, 4) is 0 Å². The van der Waals surface area contributed by atoms with Crippen LogP contribution >= 0.6 is 0 Å². The number of hydrogen-bond acceptors (Lipinski definition) is 4. The molecule has 0 aliphatic rings. The number of primary amides is 1. The van der Waals surface area contributed by atoms with Gasteiger partial charge in [-0.3, -0.25) is 4.79 Å². The van der Waals surface area contributed by atoms with E-state index >= 15 is 0 Å². The van der Waals surface area contributed by atoms with Gasteiger partial charge >= 0.3 is 0 Å². The zero-order valence-corrected chi connectivity index (χ0v) is 13.3. The van der Waals surface area contributed by atoms with Crippen LogP contribution in [-0.2, 0) is 21.4 Å². The quantitative estimate of drug-likeness (QED) is 0.873. The van der Waals surface area contributed by atoms with E-state index in [2.05, 4.69) is 0 Å². The normalized spacial score (nSPS) is 11.8. The molecule has 2 rings (SSSR count). The number of sulfonamides is 1. The summed E-state index contributed by atoms with van der Waals surface area (Å²) >= 11 is 0. The number of rotatable bonds is 6. The fraction of sp³-hybridized carbons (Fsp3) is 0.267. The zero-order valence-electron chi connectivity index (χ0n) is 12.4. The molecule has 0 aliphatic carbocycles. The largest absolute Gasteiger partial charge is 0.468 e. The first-order valence-electron chi connectivity index (χ1n) is 6.69. The van der Waals surface area contributed by atoms with Gasteiger partial charge in [-0.25, -0.2) is 8.42 Å². The molecule has 0 atom stereocenters. The van der Waals surface area contributed by atoms with Gasteiger partial charge in [0.2, 0.25) is 15.9 Å². The third-order valence-electron chi connectivity index (χ3n) is 3.21. The summed E-state index contributed by atoms with van der Waals surface area (Å²) < 4.78 is 31.9. The molecule has 0 bridgehead atoms. The van der Waals surface area contributed by atoms with Crippen LogP contribution in [0.15, 0.2) is 45.9 Å².